The van der Waals surface area contributed by atoms with E-state index in [0.717, 1.165) is 18.8 Å². The molecule has 0 aliphatic heterocycles. The third kappa shape index (κ3) is 3.57. The van der Waals surface area contributed by atoms with E-state index in [4.69, 9.17) is 11.6 Å². The Labute approximate surface area is 117 Å². The average Bonchev–Trinajstić information content (AvgIpc) is 2.79. The first-order valence-electron chi connectivity index (χ1n) is 6.17. The Hall–Kier alpha value is -1.82. The largest absolute Gasteiger partial charge is 0.368 e. The van der Waals surface area contributed by atoms with E-state index >= 15 is 0 Å². The minimum Gasteiger partial charge on any atom is -0.368 e. The fourth-order valence-corrected chi connectivity index (χ4v) is 1.82. The van der Waals surface area contributed by atoms with Crippen LogP contribution in [0.15, 0.2) is 18.6 Å². The topological polar surface area (TPSA) is 67.7 Å². The van der Waals surface area contributed by atoms with Crippen molar-refractivity contribution in [3.63, 3.8) is 0 Å². The van der Waals surface area contributed by atoms with Gasteiger partial charge in [-0.2, -0.15) is 4.98 Å². The predicted octanol–water partition coefficient (Wildman–Crippen LogP) is 1.95. The minimum atomic E-state index is 0.515. The van der Waals surface area contributed by atoms with Gasteiger partial charge < -0.3 is 15.2 Å². The van der Waals surface area contributed by atoms with Gasteiger partial charge in [-0.15, -0.1) is 0 Å². The van der Waals surface area contributed by atoms with Gasteiger partial charge in [0.25, 0.3) is 0 Å². The molecule has 6 nitrogen and oxygen atoms in total. The van der Waals surface area contributed by atoms with Crippen LogP contribution in [0.3, 0.4) is 0 Å². The Kier molecular flexibility index (Phi) is 4.57. The first kappa shape index (κ1) is 13.6. The van der Waals surface area contributed by atoms with Crippen molar-refractivity contribution in [1.82, 2.24) is 19.5 Å². The number of halogens is 1. The summed E-state index contributed by atoms with van der Waals surface area (Å²) in [7, 11) is 1.98. The second kappa shape index (κ2) is 6.38. The van der Waals surface area contributed by atoms with E-state index in [2.05, 4.69) is 25.6 Å². The van der Waals surface area contributed by atoms with Gasteiger partial charge in [0.1, 0.15) is 16.7 Å². The van der Waals surface area contributed by atoms with Gasteiger partial charge in [-0.1, -0.05) is 11.6 Å². The van der Waals surface area contributed by atoms with Crippen molar-refractivity contribution in [3.05, 3.63) is 29.4 Å². The van der Waals surface area contributed by atoms with E-state index in [1.165, 1.54) is 0 Å². The highest BCUT2D eigenvalue weighted by atomic mass is 35.5. The van der Waals surface area contributed by atoms with Crippen LogP contribution in [0.25, 0.3) is 0 Å². The molecule has 2 heterocycles. The van der Waals surface area contributed by atoms with Crippen molar-refractivity contribution in [1.29, 1.82) is 0 Å². The molecule has 0 unspecified atom stereocenters. The van der Waals surface area contributed by atoms with Gasteiger partial charge in [0.15, 0.2) is 0 Å². The highest BCUT2D eigenvalue weighted by Crippen LogP contribution is 2.19. The molecule has 2 N–H and O–H groups in total. The highest BCUT2D eigenvalue weighted by Gasteiger charge is 2.05. The molecule has 0 spiro atoms. The summed E-state index contributed by atoms with van der Waals surface area (Å²) in [6, 6.07) is 0. The van der Waals surface area contributed by atoms with E-state index in [1.807, 2.05) is 24.7 Å². The lowest BCUT2D eigenvalue weighted by Crippen LogP contribution is -2.11. The predicted molar refractivity (Wildman–Crippen MR) is 76.6 cm³/mol. The van der Waals surface area contributed by atoms with E-state index in [0.29, 0.717) is 23.3 Å². The van der Waals surface area contributed by atoms with Gasteiger partial charge in [0.05, 0.1) is 6.20 Å². The molecule has 19 heavy (non-hydrogen) atoms. The van der Waals surface area contributed by atoms with Crippen molar-refractivity contribution in [2.24, 2.45) is 7.05 Å². The number of hydrogen-bond donors (Lipinski definition) is 2. The zero-order chi connectivity index (χ0) is 13.7. The molecule has 2 aromatic heterocycles. The first-order valence-corrected chi connectivity index (χ1v) is 6.55. The summed E-state index contributed by atoms with van der Waals surface area (Å²) >= 11 is 6.05. The molecule has 0 amide bonds. The van der Waals surface area contributed by atoms with Gasteiger partial charge in [-0.05, 0) is 6.92 Å². The maximum atomic E-state index is 6.05. The molecule has 0 aromatic carbocycles. The standard InChI is InChI=1S/C12H17ClN6/c1-3-14-12-17-8-9(13)11(18-12)16-5-4-10-15-6-7-19(10)2/h6-8H,3-5H2,1-2H3,(H2,14,16,17,18). The van der Waals surface area contributed by atoms with Crippen LogP contribution < -0.4 is 10.6 Å². The van der Waals surface area contributed by atoms with Crippen LogP contribution in [0.2, 0.25) is 5.02 Å². The van der Waals surface area contributed by atoms with Gasteiger partial charge in [0, 0.05) is 39.0 Å². The molecule has 0 saturated carbocycles. The van der Waals surface area contributed by atoms with E-state index in [9.17, 15) is 0 Å². The lowest BCUT2D eigenvalue weighted by molar-refractivity contribution is 0.788. The summed E-state index contributed by atoms with van der Waals surface area (Å²) < 4.78 is 1.99. The van der Waals surface area contributed by atoms with Crippen molar-refractivity contribution >= 4 is 23.4 Å². The lowest BCUT2D eigenvalue weighted by Gasteiger charge is -2.09. The molecule has 0 aliphatic carbocycles. The number of imidazole rings is 1. The Balaban J connectivity index is 1.95. The van der Waals surface area contributed by atoms with Gasteiger partial charge in [-0.3, -0.25) is 0 Å². The number of anilines is 2. The maximum Gasteiger partial charge on any atom is 0.224 e. The van der Waals surface area contributed by atoms with E-state index in [1.54, 1.807) is 12.4 Å². The molecule has 102 valence electrons. The number of aromatic nitrogens is 4. The lowest BCUT2D eigenvalue weighted by atomic mass is 10.4. The van der Waals surface area contributed by atoms with Crippen LogP contribution in [0.1, 0.15) is 12.7 Å². The van der Waals surface area contributed by atoms with Gasteiger partial charge in [0.2, 0.25) is 5.95 Å². The Morgan fingerprint density at radius 3 is 2.84 bits per heavy atom. The normalized spacial score (nSPS) is 10.5. The number of nitrogens with zero attached hydrogens (tertiary/aromatic N) is 4. The molecule has 0 bridgehead atoms. The highest BCUT2D eigenvalue weighted by molar-refractivity contribution is 6.32. The Morgan fingerprint density at radius 2 is 2.16 bits per heavy atom. The van der Waals surface area contributed by atoms with Crippen molar-refractivity contribution in [2.45, 2.75) is 13.3 Å². The summed E-state index contributed by atoms with van der Waals surface area (Å²) in [6.45, 7) is 3.48. The molecule has 0 radical (unpaired) electrons. The average molecular weight is 281 g/mol. The van der Waals surface area contributed by atoms with Crippen LogP contribution in [-0.4, -0.2) is 32.6 Å². The summed E-state index contributed by atoms with van der Waals surface area (Å²) in [5, 5.41) is 6.77. The third-order valence-corrected chi connectivity index (χ3v) is 2.92. The van der Waals surface area contributed by atoms with Gasteiger partial charge >= 0.3 is 0 Å². The van der Waals surface area contributed by atoms with Crippen molar-refractivity contribution in [3.8, 4) is 0 Å². The number of nitrogens with one attached hydrogen (secondary N) is 2. The molecular formula is C12H17ClN6. The zero-order valence-electron chi connectivity index (χ0n) is 11.0. The number of rotatable bonds is 6. The van der Waals surface area contributed by atoms with Crippen LogP contribution in [0.5, 0.6) is 0 Å². The second-order valence-electron chi connectivity index (χ2n) is 4.05. The minimum absolute atomic E-state index is 0.515. The van der Waals surface area contributed by atoms with Crippen LogP contribution >= 0.6 is 11.6 Å². The summed E-state index contributed by atoms with van der Waals surface area (Å²) in [5.74, 6) is 2.23. The van der Waals surface area contributed by atoms with Crippen molar-refractivity contribution < 1.29 is 0 Å². The molecule has 0 atom stereocenters. The SMILES string of the molecule is CCNc1ncc(Cl)c(NCCc2nccn2C)n1. The van der Waals surface area contributed by atoms with E-state index < -0.39 is 0 Å². The second-order valence-corrected chi connectivity index (χ2v) is 4.46. The molecule has 0 aliphatic rings. The van der Waals surface area contributed by atoms with Crippen LogP contribution in [0.4, 0.5) is 11.8 Å². The Bertz CT molecular complexity index is 539. The fourth-order valence-electron chi connectivity index (χ4n) is 1.66. The summed E-state index contributed by atoms with van der Waals surface area (Å²) in [6.07, 6.45) is 6.11. The zero-order valence-corrected chi connectivity index (χ0v) is 11.8. The first-order chi connectivity index (χ1) is 9.20. The van der Waals surface area contributed by atoms with Crippen LogP contribution in [-0.2, 0) is 13.5 Å². The van der Waals surface area contributed by atoms with E-state index in [-0.39, 0.29) is 0 Å². The van der Waals surface area contributed by atoms with Crippen LogP contribution in [0, 0.1) is 0 Å². The fraction of sp³-hybridized carbons (Fsp3) is 0.417. The molecule has 7 heteroatoms. The Morgan fingerprint density at radius 1 is 1.32 bits per heavy atom. The molecular weight excluding hydrogens is 264 g/mol. The van der Waals surface area contributed by atoms with Gasteiger partial charge in [-0.25, -0.2) is 9.97 Å². The smallest absolute Gasteiger partial charge is 0.224 e. The molecule has 0 fully saturated rings. The van der Waals surface area contributed by atoms with Crippen molar-refractivity contribution in [2.75, 3.05) is 23.7 Å². The number of aryl methyl sites for hydroxylation is 1. The third-order valence-electron chi connectivity index (χ3n) is 2.64. The quantitative estimate of drug-likeness (QED) is 0.846. The maximum absolute atomic E-state index is 6.05. The molecule has 2 rings (SSSR count). The number of hydrogen-bond acceptors (Lipinski definition) is 5. The summed E-state index contributed by atoms with van der Waals surface area (Å²) in [5.41, 5.74) is 0. The summed E-state index contributed by atoms with van der Waals surface area (Å²) in [4.78, 5) is 12.7. The molecule has 2 aromatic rings. The monoisotopic (exact) mass is 280 g/mol. The molecule has 0 saturated heterocycles.